The zero-order valence-corrected chi connectivity index (χ0v) is 6.62. The number of carbonyl (C=O) groups is 1. The second-order valence-electron chi connectivity index (χ2n) is 3.10. The molecule has 2 heteroatoms. The summed E-state index contributed by atoms with van der Waals surface area (Å²) in [7, 11) is 0. The van der Waals surface area contributed by atoms with Gasteiger partial charge in [0.15, 0.2) is 0 Å². The summed E-state index contributed by atoms with van der Waals surface area (Å²) in [6.07, 6.45) is 4.06. The quantitative estimate of drug-likeness (QED) is 0.608. The number of Topliss-reactive ketones (excluding diaryl/α,β-unsaturated/α-hetero) is 1. The van der Waals surface area contributed by atoms with E-state index in [0.717, 1.165) is 12.8 Å². The Hall–Kier alpha value is -0.630. The van der Waals surface area contributed by atoms with Crippen LogP contribution in [0.4, 0.5) is 0 Å². The number of rotatable bonds is 2. The van der Waals surface area contributed by atoms with Crippen LogP contribution >= 0.6 is 0 Å². The summed E-state index contributed by atoms with van der Waals surface area (Å²) in [5.74, 6) is 0.600. The van der Waals surface area contributed by atoms with Gasteiger partial charge in [-0.05, 0) is 18.8 Å². The second kappa shape index (κ2) is 3.67. The highest BCUT2D eigenvalue weighted by Crippen LogP contribution is 2.24. The fourth-order valence-corrected chi connectivity index (χ4v) is 1.50. The van der Waals surface area contributed by atoms with Crippen molar-refractivity contribution >= 4 is 5.78 Å². The molecule has 1 aliphatic carbocycles. The molecule has 0 saturated heterocycles. The maximum Gasteiger partial charge on any atom is 0.132 e. The Morgan fingerprint density at radius 1 is 1.55 bits per heavy atom. The van der Waals surface area contributed by atoms with E-state index in [1.54, 1.807) is 6.08 Å². The molecule has 0 aromatic carbocycles. The predicted octanol–water partition coefficient (Wildman–Crippen LogP) is 1.29. The van der Waals surface area contributed by atoms with E-state index in [2.05, 4.69) is 6.58 Å². The van der Waals surface area contributed by atoms with Crippen molar-refractivity contribution in [2.75, 3.05) is 0 Å². The van der Waals surface area contributed by atoms with Crippen LogP contribution in [-0.4, -0.2) is 17.0 Å². The molecule has 0 amide bonds. The Morgan fingerprint density at radius 2 is 2.09 bits per heavy atom. The normalized spacial score (nSPS) is 23.2. The molecule has 0 radical (unpaired) electrons. The molecule has 0 spiro atoms. The predicted molar refractivity (Wildman–Crippen MR) is 43.2 cm³/mol. The molecule has 1 unspecified atom stereocenters. The summed E-state index contributed by atoms with van der Waals surface area (Å²) in [5.41, 5.74) is 0. The van der Waals surface area contributed by atoms with Crippen LogP contribution in [0.1, 0.15) is 25.7 Å². The van der Waals surface area contributed by atoms with Crippen LogP contribution in [0, 0.1) is 5.92 Å². The first-order chi connectivity index (χ1) is 5.24. The maximum atomic E-state index is 10.8. The molecular weight excluding hydrogens is 140 g/mol. The molecule has 1 aliphatic rings. The zero-order chi connectivity index (χ0) is 8.27. The SMILES string of the molecule is C=CC(O)C1CCC(=O)CC1. The van der Waals surface area contributed by atoms with E-state index in [-0.39, 0.29) is 5.92 Å². The third-order valence-corrected chi connectivity index (χ3v) is 2.31. The average molecular weight is 154 g/mol. The standard InChI is InChI=1S/C9H14O2/c1-2-9(11)7-3-5-8(10)6-4-7/h2,7,9,11H,1,3-6H2. The van der Waals surface area contributed by atoms with E-state index in [1.165, 1.54) is 0 Å². The monoisotopic (exact) mass is 154 g/mol. The van der Waals surface area contributed by atoms with Crippen molar-refractivity contribution in [2.24, 2.45) is 5.92 Å². The van der Waals surface area contributed by atoms with Gasteiger partial charge in [0.1, 0.15) is 5.78 Å². The number of carbonyl (C=O) groups excluding carboxylic acids is 1. The summed E-state index contributed by atoms with van der Waals surface area (Å²) in [4.78, 5) is 10.8. The van der Waals surface area contributed by atoms with Crippen molar-refractivity contribution in [3.8, 4) is 0 Å². The molecule has 0 heterocycles. The minimum atomic E-state index is -0.414. The van der Waals surface area contributed by atoms with E-state index in [1.807, 2.05) is 0 Å². The maximum absolute atomic E-state index is 10.8. The van der Waals surface area contributed by atoms with Crippen LogP contribution in [0.15, 0.2) is 12.7 Å². The van der Waals surface area contributed by atoms with E-state index in [4.69, 9.17) is 0 Å². The third-order valence-electron chi connectivity index (χ3n) is 2.31. The molecule has 1 atom stereocenters. The molecule has 0 aromatic heterocycles. The van der Waals surface area contributed by atoms with Gasteiger partial charge in [-0.15, -0.1) is 6.58 Å². The average Bonchev–Trinajstić information content (AvgIpc) is 2.05. The van der Waals surface area contributed by atoms with Gasteiger partial charge in [0.2, 0.25) is 0 Å². The molecule has 1 saturated carbocycles. The molecule has 0 bridgehead atoms. The number of hydrogen-bond donors (Lipinski definition) is 1. The molecular formula is C9H14O2. The zero-order valence-electron chi connectivity index (χ0n) is 6.62. The van der Waals surface area contributed by atoms with Crippen molar-refractivity contribution in [1.29, 1.82) is 0 Å². The fourth-order valence-electron chi connectivity index (χ4n) is 1.50. The highest BCUT2D eigenvalue weighted by molar-refractivity contribution is 5.79. The lowest BCUT2D eigenvalue weighted by molar-refractivity contribution is -0.121. The molecule has 0 aliphatic heterocycles. The lowest BCUT2D eigenvalue weighted by Crippen LogP contribution is -2.23. The van der Waals surface area contributed by atoms with E-state index >= 15 is 0 Å². The molecule has 1 N–H and O–H groups in total. The van der Waals surface area contributed by atoms with Crippen LogP contribution in [-0.2, 0) is 4.79 Å². The van der Waals surface area contributed by atoms with Gasteiger partial charge in [0.05, 0.1) is 6.10 Å². The van der Waals surface area contributed by atoms with Crippen LogP contribution in [0.25, 0.3) is 0 Å². The molecule has 2 nitrogen and oxygen atoms in total. The van der Waals surface area contributed by atoms with Crippen molar-refractivity contribution in [1.82, 2.24) is 0 Å². The van der Waals surface area contributed by atoms with E-state index in [0.29, 0.717) is 18.6 Å². The first kappa shape index (κ1) is 8.47. The molecule has 62 valence electrons. The molecule has 11 heavy (non-hydrogen) atoms. The Morgan fingerprint density at radius 3 is 2.55 bits per heavy atom. The lowest BCUT2D eigenvalue weighted by Gasteiger charge is -2.23. The topological polar surface area (TPSA) is 37.3 Å². The van der Waals surface area contributed by atoms with Crippen LogP contribution in [0.3, 0.4) is 0 Å². The van der Waals surface area contributed by atoms with Gasteiger partial charge in [0, 0.05) is 12.8 Å². The summed E-state index contributed by atoms with van der Waals surface area (Å²) in [6.45, 7) is 3.52. The second-order valence-corrected chi connectivity index (χ2v) is 3.10. The van der Waals surface area contributed by atoms with Crippen molar-refractivity contribution in [2.45, 2.75) is 31.8 Å². The van der Waals surface area contributed by atoms with Crippen LogP contribution < -0.4 is 0 Å². The van der Waals surface area contributed by atoms with Gasteiger partial charge in [-0.1, -0.05) is 6.08 Å². The number of aliphatic hydroxyl groups is 1. The minimum absolute atomic E-state index is 0.269. The highest BCUT2D eigenvalue weighted by Gasteiger charge is 2.22. The summed E-state index contributed by atoms with van der Waals surface area (Å²) in [6, 6.07) is 0. The highest BCUT2D eigenvalue weighted by atomic mass is 16.3. The number of ketones is 1. The summed E-state index contributed by atoms with van der Waals surface area (Å²) < 4.78 is 0. The first-order valence-electron chi connectivity index (χ1n) is 4.06. The van der Waals surface area contributed by atoms with Crippen LogP contribution in [0.2, 0.25) is 0 Å². The van der Waals surface area contributed by atoms with Gasteiger partial charge < -0.3 is 5.11 Å². The van der Waals surface area contributed by atoms with Gasteiger partial charge in [0.25, 0.3) is 0 Å². The largest absolute Gasteiger partial charge is 0.389 e. The Balaban J connectivity index is 2.38. The first-order valence-corrected chi connectivity index (χ1v) is 4.06. The fraction of sp³-hybridized carbons (Fsp3) is 0.667. The molecule has 1 fully saturated rings. The summed E-state index contributed by atoms with van der Waals surface area (Å²) >= 11 is 0. The minimum Gasteiger partial charge on any atom is -0.389 e. The van der Waals surface area contributed by atoms with Gasteiger partial charge in [-0.25, -0.2) is 0 Å². The van der Waals surface area contributed by atoms with E-state index < -0.39 is 6.10 Å². The van der Waals surface area contributed by atoms with Crippen LogP contribution in [0.5, 0.6) is 0 Å². The van der Waals surface area contributed by atoms with Crippen molar-refractivity contribution < 1.29 is 9.90 Å². The summed E-state index contributed by atoms with van der Waals surface area (Å²) in [5, 5.41) is 9.34. The van der Waals surface area contributed by atoms with Gasteiger partial charge in [-0.3, -0.25) is 4.79 Å². The number of hydrogen-bond acceptors (Lipinski definition) is 2. The smallest absolute Gasteiger partial charge is 0.132 e. The Bertz CT molecular complexity index is 153. The van der Waals surface area contributed by atoms with Gasteiger partial charge in [-0.2, -0.15) is 0 Å². The third kappa shape index (κ3) is 2.15. The molecule has 1 rings (SSSR count). The number of aliphatic hydroxyl groups excluding tert-OH is 1. The van der Waals surface area contributed by atoms with E-state index in [9.17, 15) is 9.90 Å². The Labute approximate surface area is 66.9 Å². The molecule has 0 aromatic rings. The van der Waals surface area contributed by atoms with Crippen molar-refractivity contribution in [3.05, 3.63) is 12.7 Å². The Kier molecular flexibility index (Phi) is 2.83. The van der Waals surface area contributed by atoms with Gasteiger partial charge >= 0.3 is 0 Å². The van der Waals surface area contributed by atoms with Crippen molar-refractivity contribution in [3.63, 3.8) is 0 Å². The lowest BCUT2D eigenvalue weighted by atomic mass is 9.85.